The molecule has 0 aliphatic carbocycles. The van der Waals surface area contributed by atoms with Crippen LogP contribution in [-0.4, -0.2) is 42.5 Å². The summed E-state index contributed by atoms with van der Waals surface area (Å²) in [7, 11) is 1.69. The Kier molecular flexibility index (Phi) is 6.64. The van der Waals surface area contributed by atoms with Crippen LogP contribution in [0, 0.1) is 0 Å². The molecule has 0 fully saturated rings. The highest BCUT2D eigenvalue weighted by Gasteiger charge is 2.12. The number of aliphatic imine (C=N–C) groups is 1. The molecule has 5 heteroatoms. The van der Waals surface area contributed by atoms with Crippen LogP contribution in [0.4, 0.5) is 0 Å². The summed E-state index contributed by atoms with van der Waals surface area (Å²) in [6.45, 7) is 0.626. The Morgan fingerprint density at radius 3 is 2.67 bits per heavy atom. The molecule has 0 radical (unpaired) electrons. The largest absolute Gasteiger partial charge is 0.390 e. The molecule has 0 aliphatic rings. The fourth-order valence-corrected chi connectivity index (χ4v) is 0.920. The number of nitrogens with one attached hydrogen (secondary N) is 1. The lowest BCUT2D eigenvalue weighted by Crippen LogP contribution is -2.37. The molecule has 0 spiro atoms. The lowest BCUT2D eigenvalue weighted by atomic mass is 10.1. The van der Waals surface area contributed by atoms with E-state index in [-0.39, 0.29) is 6.04 Å². The van der Waals surface area contributed by atoms with Crippen molar-refractivity contribution < 1.29 is 10.2 Å². The smallest absolute Gasteiger partial charge is 0.167 e. The summed E-state index contributed by atoms with van der Waals surface area (Å²) in [6, 6.07) is -0.280. The number of rotatable bonds is 6. The molecule has 0 rings (SSSR count). The van der Waals surface area contributed by atoms with Crippen LogP contribution < -0.4 is 11.1 Å². The van der Waals surface area contributed by atoms with Gasteiger partial charge in [-0.05, 0) is 19.9 Å². The normalized spacial score (nSPS) is 14.3. The second-order valence-corrected chi connectivity index (χ2v) is 2.51. The van der Waals surface area contributed by atoms with Gasteiger partial charge in [0.05, 0.1) is 12.4 Å². The number of nitrogens with two attached hydrogens (primary N) is 1. The van der Waals surface area contributed by atoms with Crippen molar-refractivity contribution in [3.63, 3.8) is 0 Å². The summed E-state index contributed by atoms with van der Waals surface area (Å²) in [5, 5.41) is 20.4. The predicted molar refractivity (Wildman–Crippen MR) is 47.9 cm³/mol. The van der Waals surface area contributed by atoms with Crippen LogP contribution in [0.3, 0.4) is 0 Å². The third-order valence-corrected chi connectivity index (χ3v) is 1.64. The van der Waals surface area contributed by atoms with Crippen LogP contribution in [-0.2, 0) is 0 Å². The van der Waals surface area contributed by atoms with E-state index in [1.54, 1.807) is 7.05 Å². The standard InChI is InChI=1S/C7H17N3O2/c1-9-6(7(11)12)3-2-4-10-5-8/h5-7,9,11-12H,2-4H2,1H3,(H2,8,10). The fraction of sp³-hybridized carbons (Fsp3) is 0.857. The number of likely N-dealkylation sites (N-methyl/N-ethyl adjacent to an activating group) is 1. The average Bonchev–Trinajstić information content (AvgIpc) is 2.04. The van der Waals surface area contributed by atoms with E-state index in [1.807, 2.05) is 0 Å². The Morgan fingerprint density at radius 2 is 2.25 bits per heavy atom. The molecule has 0 saturated carbocycles. The zero-order chi connectivity index (χ0) is 9.40. The molecule has 5 nitrogen and oxygen atoms in total. The van der Waals surface area contributed by atoms with Crippen molar-refractivity contribution >= 4 is 6.34 Å². The van der Waals surface area contributed by atoms with Gasteiger partial charge in [-0.3, -0.25) is 4.99 Å². The minimum atomic E-state index is -1.31. The minimum absolute atomic E-state index is 0.280. The second-order valence-electron chi connectivity index (χ2n) is 2.51. The van der Waals surface area contributed by atoms with Crippen LogP contribution >= 0.6 is 0 Å². The van der Waals surface area contributed by atoms with Crippen molar-refractivity contribution in [2.45, 2.75) is 25.2 Å². The van der Waals surface area contributed by atoms with Crippen LogP contribution in [0.5, 0.6) is 0 Å². The first-order chi connectivity index (χ1) is 5.72. The van der Waals surface area contributed by atoms with Gasteiger partial charge in [0.2, 0.25) is 0 Å². The molecule has 1 unspecified atom stereocenters. The van der Waals surface area contributed by atoms with Crippen molar-refractivity contribution in [3.05, 3.63) is 0 Å². The predicted octanol–water partition coefficient (Wildman–Crippen LogP) is -1.35. The summed E-state index contributed by atoms with van der Waals surface area (Å²) < 4.78 is 0. The maximum atomic E-state index is 8.80. The lowest BCUT2D eigenvalue weighted by Gasteiger charge is -2.16. The molecular weight excluding hydrogens is 158 g/mol. The molecular formula is C7H17N3O2. The molecule has 0 aliphatic heterocycles. The van der Waals surface area contributed by atoms with Gasteiger partial charge in [0, 0.05) is 6.54 Å². The van der Waals surface area contributed by atoms with Crippen molar-refractivity contribution in [3.8, 4) is 0 Å². The van der Waals surface area contributed by atoms with E-state index < -0.39 is 6.29 Å². The van der Waals surface area contributed by atoms with E-state index >= 15 is 0 Å². The van der Waals surface area contributed by atoms with Crippen molar-refractivity contribution in [1.82, 2.24) is 5.32 Å². The monoisotopic (exact) mass is 175 g/mol. The van der Waals surface area contributed by atoms with Gasteiger partial charge in [0.15, 0.2) is 6.29 Å². The molecule has 0 heterocycles. The van der Waals surface area contributed by atoms with Crippen LogP contribution in [0.2, 0.25) is 0 Å². The van der Waals surface area contributed by atoms with E-state index in [2.05, 4.69) is 10.3 Å². The maximum absolute atomic E-state index is 8.80. The summed E-state index contributed by atoms with van der Waals surface area (Å²) >= 11 is 0. The number of nitrogens with zero attached hydrogens (tertiary/aromatic N) is 1. The van der Waals surface area contributed by atoms with Crippen LogP contribution in [0.1, 0.15) is 12.8 Å². The lowest BCUT2D eigenvalue weighted by molar-refractivity contribution is -0.0671. The topological polar surface area (TPSA) is 90.9 Å². The van der Waals surface area contributed by atoms with Crippen molar-refractivity contribution in [2.75, 3.05) is 13.6 Å². The minimum Gasteiger partial charge on any atom is -0.390 e. The summed E-state index contributed by atoms with van der Waals surface area (Å²) in [5.74, 6) is 0. The molecule has 0 aromatic rings. The Bertz CT molecular complexity index is 128. The Balaban J connectivity index is 3.45. The molecule has 0 amide bonds. The highest BCUT2D eigenvalue weighted by Crippen LogP contribution is 1.99. The van der Waals surface area contributed by atoms with Gasteiger partial charge in [0.1, 0.15) is 0 Å². The maximum Gasteiger partial charge on any atom is 0.167 e. The quantitative estimate of drug-likeness (QED) is 0.174. The molecule has 0 saturated heterocycles. The fourth-order valence-electron chi connectivity index (χ4n) is 0.920. The van der Waals surface area contributed by atoms with Crippen LogP contribution in [0.25, 0.3) is 0 Å². The van der Waals surface area contributed by atoms with Crippen LogP contribution in [0.15, 0.2) is 4.99 Å². The highest BCUT2D eigenvalue weighted by atomic mass is 16.5. The summed E-state index contributed by atoms with van der Waals surface area (Å²) in [6.07, 6.45) is 1.41. The Labute approximate surface area is 72.3 Å². The number of hydrogen-bond donors (Lipinski definition) is 4. The first-order valence-electron chi connectivity index (χ1n) is 3.95. The highest BCUT2D eigenvalue weighted by molar-refractivity contribution is 5.50. The van der Waals surface area contributed by atoms with Gasteiger partial charge in [-0.25, -0.2) is 0 Å². The van der Waals surface area contributed by atoms with E-state index in [1.165, 1.54) is 6.34 Å². The zero-order valence-electron chi connectivity index (χ0n) is 7.27. The van der Waals surface area contributed by atoms with E-state index in [4.69, 9.17) is 15.9 Å². The van der Waals surface area contributed by atoms with Gasteiger partial charge in [-0.2, -0.15) is 0 Å². The van der Waals surface area contributed by atoms with E-state index in [0.717, 1.165) is 6.42 Å². The Hall–Kier alpha value is -0.650. The molecule has 1 atom stereocenters. The third kappa shape index (κ3) is 5.06. The summed E-state index contributed by atoms with van der Waals surface area (Å²) in [4.78, 5) is 3.80. The second kappa shape index (κ2) is 7.02. The SMILES string of the molecule is CNC(CCCN=CN)C(O)O. The van der Waals surface area contributed by atoms with Crippen molar-refractivity contribution in [1.29, 1.82) is 0 Å². The average molecular weight is 175 g/mol. The number of aliphatic hydroxyl groups excluding tert-OH is 1. The zero-order valence-corrected chi connectivity index (χ0v) is 7.27. The number of aliphatic hydroxyl groups is 2. The first kappa shape index (κ1) is 11.4. The summed E-state index contributed by atoms with van der Waals surface area (Å²) in [5.41, 5.74) is 5.03. The van der Waals surface area contributed by atoms with Gasteiger partial charge in [-0.15, -0.1) is 0 Å². The van der Waals surface area contributed by atoms with Gasteiger partial charge in [-0.1, -0.05) is 0 Å². The molecule has 72 valence electrons. The van der Waals surface area contributed by atoms with Gasteiger partial charge < -0.3 is 21.3 Å². The van der Waals surface area contributed by atoms with Gasteiger partial charge >= 0.3 is 0 Å². The molecule has 12 heavy (non-hydrogen) atoms. The first-order valence-corrected chi connectivity index (χ1v) is 3.95. The molecule has 0 aromatic heterocycles. The van der Waals surface area contributed by atoms with Gasteiger partial charge in [0.25, 0.3) is 0 Å². The van der Waals surface area contributed by atoms with Crippen molar-refractivity contribution in [2.24, 2.45) is 10.7 Å². The van der Waals surface area contributed by atoms with E-state index in [0.29, 0.717) is 13.0 Å². The molecule has 0 aromatic carbocycles. The number of hydrogen-bond acceptors (Lipinski definition) is 4. The third-order valence-electron chi connectivity index (χ3n) is 1.64. The molecule has 0 bridgehead atoms. The Morgan fingerprint density at radius 1 is 1.58 bits per heavy atom. The van der Waals surface area contributed by atoms with E-state index in [9.17, 15) is 0 Å². The molecule has 5 N–H and O–H groups in total.